The molecule has 0 aliphatic carbocycles. The molecule has 0 saturated carbocycles. The highest BCUT2D eigenvalue weighted by molar-refractivity contribution is 6.29. The normalized spacial score (nSPS) is 11.7. The standard InChI is InChI=1S/C19H19ClN4O3/c1-24-7-6-21-18(24)17(13-8-14(26-2)10-15(9-13)27-3)23-19(25)12-4-5-16(20)22-11-12/h4-11,17H,1-3H3,(H,23,25). The fourth-order valence-corrected chi connectivity index (χ4v) is 2.78. The van der Waals surface area contributed by atoms with Gasteiger partial charge in [-0.05, 0) is 29.8 Å². The van der Waals surface area contributed by atoms with Gasteiger partial charge in [-0.25, -0.2) is 9.97 Å². The van der Waals surface area contributed by atoms with Crippen molar-refractivity contribution in [3.05, 3.63) is 71.0 Å². The number of pyridine rings is 1. The van der Waals surface area contributed by atoms with Gasteiger partial charge in [-0.2, -0.15) is 0 Å². The number of imidazole rings is 1. The average Bonchev–Trinajstić information content (AvgIpc) is 3.11. The summed E-state index contributed by atoms with van der Waals surface area (Å²) in [5.74, 6) is 1.60. The summed E-state index contributed by atoms with van der Waals surface area (Å²) in [4.78, 5) is 21.1. The van der Waals surface area contributed by atoms with Crippen molar-refractivity contribution in [2.75, 3.05) is 14.2 Å². The number of aryl methyl sites for hydroxylation is 1. The van der Waals surface area contributed by atoms with E-state index in [4.69, 9.17) is 21.1 Å². The molecule has 27 heavy (non-hydrogen) atoms. The molecular weight excluding hydrogens is 368 g/mol. The van der Waals surface area contributed by atoms with Crippen LogP contribution in [-0.2, 0) is 7.05 Å². The second kappa shape index (κ2) is 8.09. The van der Waals surface area contributed by atoms with Gasteiger partial charge in [0.2, 0.25) is 0 Å². The van der Waals surface area contributed by atoms with Crippen molar-refractivity contribution in [2.24, 2.45) is 7.05 Å². The minimum Gasteiger partial charge on any atom is -0.497 e. The molecule has 2 aromatic heterocycles. The number of carbonyl (C=O) groups excluding carboxylic acids is 1. The van der Waals surface area contributed by atoms with Gasteiger partial charge in [0.15, 0.2) is 0 Å². The Morgan fingerprint density at radius 2 is 1.85 bits per heavy atom. The molecule has 1 amide bonds. The Bertz CT molecular complexity index is 918. The minimum absolute atomic E-state index is 0.297. The number of hydrogen-bond acceptors (Lipinski definition) is 5. The number of nitrogens with one attached hydrogen (secondary N) is 1. The molecule has 0 spiro atoms. The molecule has 0 radical (unpaired) electrons. The second-order valence-corrected chi connectivity index (χ2v) is 6.21. The highest BCUT2D eigenvalue weighted by Gasteiger charge is 2.23. The molecule has 0 fully saturated rings. The minimum atomic E-state index is -0.517. The van der Waals surface area contributed by atoms with Gasteiger partial charge < -0.3 is 19.4 Å². The van der Waals surface area contributed by atoms with E-state index >= 15 is 0 Å². The van der Waals surface area contributed by atoms with E-state index in [1.807, 2.05) is 29.9 Å². The van der Waals surface area contributed by atoms with Gasteiger partial charge in [0.05, 0.1) is 19.8 Å². The van der Waals surface area contributed by atoms with Gasteiger partial charge in [0, 0.05) is 31.7 Å². The quantitative estimate of drug-likeness (QED) is 0.659. The molecule has 3 aromatic rings. The summed E-state index contributed by atoms with van der Waals surface area (Å²) < 4.78 is 12.6. The monoisotopic (exact) mass is 386 g/mol. The van der Waals surface area contributed by atoms with Crippen molar-refractivity contribution >= 4 is 17.5 Å². The van der Waals surface area contributed by atoms with Crippen LogP contribution in [0.2, 0.25) is 5.15 Å². The number of benzene rings is 1. The van der Waals surface area contributed by atoms with Crippen LogP contribution < -0.4 is 14.8 Å². The predicted molar refractivity (Wildman–Crippen MR) is 101 cm³/mol. The molecule has 3 rings (SSSR count). The molecule has 0 bridgehead atoms. The van der Waals surface area contributed by atoms with E-state index < -0.39 is 6.04 Å². The zero-order valence-corrected chi connectivity index (χ0v) is 15.9. The smallest absolute Gasteiger partial charge is 0.253 e. The van der Waals surface area contributed by atoms with Crippen LogP contribution in [0.15, 0.2) is 48.9 Å². The lowest BCUT2D eigenvalue weighted by Crippen LogP contribution is -2.31. The molecule has 1 N–H and O–H groups in total. The predicted octanol–water partition coefficient (Wildman–Crippen LogP) is 3.01. The van der Waals surface area contributed by atoms with Gasteiger partial charge in [0.25, 0.3) is 5.91 Å². The first kappa shape index (κ1) is 18.7. The Hall–Kier alpha value is -3.06. The molecule has 0 saturated heterocycles. The lowest BCUT2D eigenvalue weighted by molar-refractivity contribution is 0.0940. The number of methoxy groups -OCH3 is 2. The van der Waals surface area contributed by atoms with E-state index in [-0.39, 0.29) is 5.91 Å². The lowest BCUT2D eigenvalue weighted by atomic mass is 10.0. The van der Waals surface area contributed by atoms with Crippen molar-refractivity contribution in [3.63, 3.8) is 0 Å². The molecule has 1 unspecified atom stereocenters. The van der Waals surface area contributed by atoms with Crippen LogP contribution >= 0.6 is 11.6 Å². The largest absolute Gasteiger partial charge is 0.497 e. The van der Waals surface area contributed by atoms with Crippen LogP contribution in [0.3, 0.4) is 0 Å². The molecule has 1 atom stereocenters. The molecule has 8 heteroatoms. The zero-order chi connectivity index (χ0) is 19.4. The first-order chi connectivity index (χ1) is 13.0. The Balaban J connectivity index is 2.01. The molecule has 140 valence electrons. The lowest BCUT2D eigenvalue weighted by Gasteiger charge is -2.20. The summed E-state index contributed by atoms with van der Waals surface area (Å²) in [5, 5.41) is 3.32. The van der Waals surface area contributed by atoms with Crippen LogP contribution in [0.25, 0.3) is 0 Å². The summed E-state index contributed by atoms with van der Waals surface area (Å²) in [6, 6.07) is 8.11. The number of halogens is 1. The van der Waals surface area contributed by atoms with E-state index in [1.165, 1.54) is 6.20 Å². The molecule has 7 nitrogen and oxygen atoms in total. The number of hydrogen-bond donors (Lipinski definition) is 1. The summed E-state index contributed by atoms with van der Waals surface area (Å²) >= 11 is 5.80. The Morgan fingerprint density at radius 1 is 1.15 bits per heavy atom. The fraction of sp³-hybridized carbons (Fsp3) is 0.211. The third-order valence-electron chi connectivity index (χ3n) is 4.09. The molecule has 1 aromatic carbocycles. The maximum absolute atomic E-state index is 12.8. The van der Waals surface area contributed by atoms with Crippen LogP contribution in [0.4, 0.5) is 0 Å². The van der Waals surface area contributed by atoms with Gasteiger partial charge >= 0.3 is 0 Å². The van der Waals surface area contributed by atoms with Crippen molar-refractivity contribution in [2.45, 2.75) is 6.04 Å². The van der Waals surface area contributed by atoms with Gasteiger partial charge in [0.1, 0.15) is 28.5 Å². The molecule has 0 aliphatic heterocycles. The maximum Gasteiger partial charge on any atom is 0.253 e. The summed E-state index contributed by atoms with van der Waals surface area (Å²) in [5.41, 5.74) is 1.17. The highest BCUT2D eigenvalue weighted by atomic mass is 35.5. The van der Waals surface area contributed by atoms with Crippen LogP contribution in [0.5, 0.6) is 11.5 Å². The zero-order valence-electron chi connectivity index (χ0n) is 15.1. The summed E-state index contributed by atoms with van der Waals surface area (Å²) in [7, 11) is 5.02. The topological polar surface area (TPSA) is 78.3 Å². The number of aromatic nitrogens is 3. The van der Waals surface area contributed by atoms with E-state index in [2.05, 4.69) is 15.3 Å². The van der Waals surface area contributed by atoms with Gasteiger partial charge in [-0.3, -0.25) is 4.79 Å². The Labute approximate surface area is 161 Å². The summed E-state index contributed by atoms with van der Waals surface area (Å²) in [6.07, 6.45) is 4.92. The first-order valence-corrected chi connectivity index (χ1v) is 8.52. The molecular formula is C19H19ClN4O3. The van der Waals surface area contributed by atoms with Gasteiger partial charge in [-0.1, -0.05) is 11.6 Å². The van der Waals surface area contributed by atoms with Crippen LogP contribution in [0.1, 0.15) is 27.8 Å². The highest BCUT2D eigenvalue weighted by Crippen LogP contribution is 2.29. The fourth-order valence-electron chi connectivity index (χ4n) is 2.67. The maximum atomic E-state index is 12.8. The Morgan fingerprint density at radius 3 is 2.37 bits per heavy atom. The molecule has 0 aliphatic rings. The van der Waals surface area contributed by atoms with Crippen molar-refractivity contribution in [3.8, 4) is 11.5 Å². The number of ether oxygens (including phenoxy) is 2. The van der Waals surface area contributed by atoms with Crippen molar-refractivity contribution in [1.29, 1.82) is 0 Å². The van der Waals surface area contributed by atoms with Crippen LogP contribution in [-0.4, -0.2) is 34.7 Å². The van der Waals surface area contributed by atoms with Gasteiger partial charge in [-0.15, -0.1) is 0 Å². The number of carbonyl (C=O) groups is 1. The van der Waals surface area contributed by atoms with E-state index in [1.54, 1.807) is 38.6 Å². The Kier molecular flexibility index (Phi) is 5.61. The first-order valence-electron chi connectivity index (χ1n) is 8.14. The third-order valence-corrected chi connectivity index (χ3v) is 4.31. The van der Waals surface area contributed by atoms with E-state index in [0.717, 1.165) is 5.56 Å². The summed E-state index contributed by atoms with van der Waals surface area (Å²) in [6.45, 7) is 0. The van der Waals surface area contributed by atoms with E-state index in [0.29, 0.717) is 28.0 Å². The van der Waals surface area contributed by atoms with Crippen LogP contribution in [0, 0.1) is 0 Å². The SMILES string of the molecule is COc1cc(OC)cc(C(NC(=O)c2ccc(Cl)nc2)c2nccn2C)c1. The molecule has 2 heterocycles. The third kappa shape index (κ3) is 4.20. The average molecular weight is 387 g/mol. The number of nitrogens with zero attached hydrogens (tertiary/aromatic N) is 3. The number of amides is 1. The van der Waals surface area contributed by atoms with E-state index in [9.17, 15) is 4.79 Å². The number of rotatable bonds is 6. The van der Waals surface area contributed by atoms with Crippen molar-refractivity contribution < 1.29 is 14.3 Å². The van der Waals surface area contributed by atoms with Crippen molar-refractivity contribution in [1.82, 2.24) is 19.9 Å². The second-order valence-electron chi connectivity index (χ2n) is 5.82.